The monoisotopic (exact) mass is 299 g/mol. The SMILES string of the molecule is CCN(Cc1ccccc1)C(=O)c1ccc(C#CCO)s1. The Morgan fingerprint density at radius 1 is 1.24 bits per heavy atom. The van der Waals surface area contributed by atoms with E-state index < -0.39 is 0 Å². The second-order valence-electron chi connectivity index (χ2n) is 4.43. The van der Waals surface area contributed by atoms with Crippen LogP contribution in [0.3, 0.4) is 0 Å². The molecular formula is C17H17NO2S. The molecule has 2 aromatic rings. The number of carbonyl (C=O) groups excluding carboxylic acids is 1. The normalized spacial score (nSPS) is 9.81. The average Bonchev–Trinajstić information content (AvgIpc) is 3.00. The fourth-order valence-corrected chi connectivity index (χ4v) is 2.78. The van der Waals surface area contributed by atoms with E-state index in [-0.39, 0.29) is 12.5 Å². The molecule has 0 bridgehead atoms. The fourth-order valence-electron chi connectivity index (χ4n) is 1.93. The summed E-state index contributed by atoms with van der Waals surface area (Å²) in [5, 5.41) is 8.69. The average molecular weight is 299 g/mol. The van der Waals surface area contributed by atoms with Crippen molar-refractivity contribution in [1.29, 1.82) is 0 Å². The molecule has 108 valence electrons. The number of nitrogens with zero attached hydrogens (tertiary/aromatic N) is 1. The summed E-state index contributed by atoms with van der Waals surface area (Å²) in [6.45, 7) is 3.06. The molecule has 1 heterocycles. The third-order valence-electron chi connectivity index (χ3n) is 2.99. The van der Waals surface area contributed by atoms with Crippen LogP contribution in [-0.4, -0.2) is 29.1 Å². The third-order valence-corrected chi connectivity index (χ3v) is 3.98. The van der Waals surface area contributed by atoms with Crippen LogP contribution in [0.25, 0.3) is 0 Å². The first-order valence-corrected chi connectivity index (χ1v) is 7.59. The number of rotatable bonds is 4. The first kappa shape index (κ1) is 15.3. The lowest BCUT2D eigenvalue weighted by molar-refractivity contribution is 0.0757. The van der Waals surface area contributed by atoms with E-state index in [9.17, 15) is 4.79 Å². The third kappa shape index (κ3) is 4.19. The van der Waals surface area contributed by atoms with E-state index in [1.54, 1.807) is 6.07 Å². The van der Waals surface area contributed by atoms with Crippen LogP contribution in [0.15, 0.2) is 42.5 Å². The number of thiophene rings is 1. The molecule has 4 heteroatoms. The van der Waals surface area contributed by atoms with Crippen molar-refractivity contribution in [2.75, 3.05) is 13.2 Å². The van der Waals surface area contributed by atoms with Crippen molar-refractivity contribution >= 4 is 17.2 Å². The van der Waals surface area contributed by atoms with E-state index in [0.717, 1.165) is 10.4 Å². The number of carbonyl (C=O) groups is 1. The minimum Gasteiger partial charge on any atom is -0.384 e. The molecule has 0 unspecified atom stereocenters. The van der Waals surface area contributed by atoms with Crippen LogP contribution in [0.5, 0.6) is 0 Å². The van der Waals surface area contributed by atoms with E-state index in [0.29, 0.717) is 18.0 Å². The van der Waals surface area contributed by atoms with Gasteiger partial charge in [0, 0.05) is 13.1 Å². The van der Waals surface area contributed by atoms with Crippen LogP contribution in [0, 0.1) is 11.8 Å². The van der Waals surface area contributed by atoms with Gasteiger partial charge in [0.2, 0.25) is 0 Å². The molecule has 2 rings (SSSR count). The number of hydrogen-bond donors (Lipinski definition) is 1. The summed E-state index contributed by atoms with van der Waals surface area (Å²) in [5.41, 5.74) is 1.12. The Kier molecular flexibility index (Phi) is 5.56. The minimum atomic E-state index is -0.170. The maximum atomic E-state index is 12.5. The maximum absolute atomic E-state index is 12.5. The van der Waals surface area contributed by atoms with Gasteiger partial charge < -0.3 is 10.0 Å². The highest BCUT2D eigenvalue weighted by molar-refractivity contribution is 7.14. The van der Waals surface area contributed by atoms with Gasteiger partial charge in [-0.1, -0.05) is 42.2 Å². The molecule has 1 aromatic heterocycles. The zero-order chi connectivity index (χ0) is 15.1. The molecule has 0 fully saturated rings. The van der Waals surface area contributed by atoms with Gasteiger partial charge in [-0.3, -0.25) is 4.79 Å². The van der Waals surface area contributed by atoms with Gasteiger partial charge in [0.05, 0.1) is 9.75 Å². The molecular weight excluding hydrogens is 282 g/mol. The molecule has 3 nitrogen and oxygen atoms in total. The molecule has 1 amide bonds. The minimum absolute atomic E-state index is 0.0170. The Labute approximate surface area is 128 Å². The Morgan fingerprint density at radius 2 is 2.00 bits per heavy atom. The topological polar surface area (TPSA) is 40.5 Å². The lowest BCUT2D eigenvalue weighted by Gasteiger charge is -2.20. The van der Waals surface area contributed by atoms with Crippen molar-refractivity contribution < 1.29 is 9.90 Å². The number of hydrogen-bond acceptors (Lipinski definition) is 3. The number of benzene rings is 1. The van der Waals surface area contributed by atoms with Gasteiger partial charge in [-0.2, -0.15) is 0 Å². The van der Waals surface area contributed by atoms with Gasteiger partial charge in [-0.15, -0.1) is 11.3 Å². The second-order valence-corrected chi connectivity index (χ2v) is 5.51. The van der Waals surface area contributed by atoms with Crippen LogP contribution in [-0.2, 0) is 6.54 Å². The smallest absolute Gasteiger partial charge is 0.264 e. The molecule has 0 atom stereocenters. The van der Waals surface area contributed by atoms with Gasteiger partial charge in [-0.05, 0) is 24.6 Å². The summed E-state index contributed by atoms with van der Waals surface area (Å²) in [5.74, 6) is 5.43. The maximum Gasteiger partial charge on any atom is 0.264 e. The van der Waals surface area contributed by atoms with Gasteiger partial charge in [0.15, 0.2) is 0 Å². The summed E-state index contributed by atoms with van der Waals surface area (Å²) in [6.07, 6.45) is 0. The Morgan fingerprint density at radius 3 is 2.67 bits per heavy atom. The lowest BCUT2D eigenvalue weighted by Crippen LogP contribution is -2.29. The van der Waals surface area contributed by atoms with Crippen molar-refractivity contribution in [3.8, 4) is 11.8 Å². The van der Waals surface area contributed by atoms with Gasteiger partial charge in [0.25, 0.3) is 5.91 Å². The summed E-state index contributed by atoms with van der Waals surface area (Å²) in [4.78, 5) is 15.8. The second kappa shape index (κ2) is 7.63. The number of aliphatic hydroxyl groups is 1. The zero-order valence-electron chi connectivity index (χ0n) is 11.9. The van der Waals surface area contributed by atoms with Crippen molar-refractivity contribution in [3.05, 3.63) is 57.8 Å². The van der Waals surface area contributed by atoms with Gasteiger partial charge in [-0.25, -0.2) is 0 Å². The molecule has 0 saturated carbocycles. The Bertz CT molecular complexity index is 652. The number of amides is 1. The lowest BCUT2D eigenvalue weighted by atomic mass is 10.2. The number of aliphatic hydroxyl groups excluding tert-OH is 1. The van der Waals surface area contributed by atoms with Crippen LogP contribution >= 0.6 is 11.3 Å². The summed E-state index contributed by atoms with van der Waals surface area (Å²) < 4.78 is 0. The molecule has 1 N–H and O–H groups in total. The highest BCUT2D eigenvalue weighted by atomic mass is 32.1. The highest BCUT2D eigenvalue weighted by Gasteiger charge is 2.16. The van der Waals surface area contributed by atoms with Crippen LogP contribution in [0.1, 0.15) is 27.0 Å². The first-order valence-electron chi connectivity index (χ1n) is 6.77. The predicted octanol–water partition coefficient (Wildman–Crippen LogP) is 2.75. The van der Waals surface area contributed by atoms with Crippen molar-refractivity contribution in [3.63, 3.8) is 0 Å². The van der Waals surface area contributed by atoms with Crippen LogP contribution in [0.4, 0.5) is 0 Å². The zero-order valence-corrected chi connectivity index (χ0v) is 12.7. The predicted molar refractivity (Wildman–Crippen MR) is 85.1 cm³/mol. The Balaban J connectivity index is 2.11. The summed E-state index contributed by atoms with van der Waals surface area (Å²) in [7, 11) is 0. The van der Waals surface area contributed by atoms with E-state index in [2.05, 4.69) is 11.8 Å². The van der Waals surface area contributed by atoms with Crippen molar-refractivity contribution in [2.24, 2.45) is 0 Å². The molecule has 0 aliphatic carbocycles. The summed E-state index contributed by atoms with van der Waals surface area (Å²) in [6, 6.07) is 13.6. The summed E-state index contributed by atoms with van der Waals surface area (Å²) >= 11 is 1.36. The molecule has 0 aliphatic heterocycles. The molecule has 0 spiro atoms. The van der Waals surface area contributed by atoms with E-state index in [1.807, 2.05) is 48.2 Å². The molecule has 21 heavy (non-hydrogen) atoms. The quantitative estimate of drug-likeness (QED) is 0.882. The largest absolute Gasteiger partial charge is 0.384 e. The molecule has 0 aliphatic rings. The van der Waals surface area contributed by atoms with E-state index in [1.165, 1.54) is 11.3 Å². The first-order chi connectivity index (χ1) is 10.2. The van der Waals surface area contributed by atoms with Gasteiger partial charge >= 0.3 is 0 Å². The fraction of sp³-hybridized carbons (Fsp3) is 0.235. The standard InChI is InChI=1S/C17H17NO2S/c1-2-18(13-14-7-4-3-5-8-14)17(20)16-11-10-15(21-16)9-6-12-19/h3-5,7-8,10-11,19H,2,12-13H2,1H3. The van der Waals surface area contributed by atoms with Crippen LogP contribution < -0.4 is 0 Å². The van der Waals surface area contributed by atoms with Crippen molar-refractivity contribution in [1.82, 2.24) is 4.90 Å². The van der Waals surface area contributed by atoms with Crippen molar-refractivity contribution in [2.45, 2.75) is 13.5 Å². The molecule has 0 radical (unpaired) electrons. The highest BCUT2D eigenvalue weighted by Crippen LogP contribution is 2.18. The van der Waals surface area contributed by atoms with Gasteiger partial charge in [0.1, 0.15) is 6.61 Å². The van der Waals surface area contributed by atoms with E-state index >= 15 is 0 Å². The molecule has 1 aromatic carbocycles. The van der Waals surface area contributed by atoms with Crippen LogP contribution in [0.2, 0.25) is 0 Å². The van der Waals surface area contributed by atoms with E-state index in [4.69, 9.17) is 5.11 Å². The Hall–Kier alpha value is -2.09. The molecule has 0 saturated heterocycles.